The highest BCUT2D eigenvalue weighted by molar-refractivity contribution is 7.80. The summed E-state index contributed by atoms with van der Waals surface area (Å²) < 4.78 is 0. The lowest BCUT2D eigenvalue weighted by atomic mass is 10.1. The molecule has 0 amide bonds. The molecule has 6 nitrogen and oxygen atoms in total. The van der Waals surface area contributed by atoms with Crippen LogP contribution in [0.4, 0.5) is 5.69 Å². The number of anilines is 1. The van der Waals surface area contributed by atoms with Gasteiger partial charge in [-0.05, 0) is 36.8 Å². The van der Waals surface area contributed by atoms with Gasteiger partial charge >= 0.3 is 11.9 Å². The number of benzene rings is 1. The number of unbranched alkanes of at least 4 members (excludes halogenated alkanes) is 5. The van der Waals surface area contributed by atoms with Gasteiger partial charge in [0.05, 0.1) is 11.1 Å². The molecule has 0 aliphatic heterocycles. The second kappa shape index (κ2) is 10.6. The number of nitrogens with one attached hydrogen (secondary N) is 2. The molecule has 0 saturated heterocycles. The summed E-state index contributed by atoms with van der Waals surface area (Å²) in [5.74, 6) is -2.57. The van der Waals surface area contributed by atoms with Gasteiger partial charge in [0.1, 0.15) is 0 Å². The van der Waals surface area contributed by atoms with Crippen LogP contribution < -0.4 is 10.6 Å². The first-order chi connectivity index (χ1) is 11.5. The Hall–Kier alpha value is -2.15. The van der Waals surface area contributed by atoms with Crippen molar-refractivity contribution < 1.29 is 19.8 Å². The van der Waals surface area contributed by atoms with Gasteiger partial charge in [0.15, 0.2) is 5.11 Å². The van der Waals surface area contributed by atoms with Gasteiger partial charge < -0.3 is 20.8 Å². The molecule has 0 aliphatic rings. The number of carboxylic acid groups (broad SMARTS) is 2. The Morgan fingerprint density at radius 3 is 2.25 bits per heavy atom. The number of thiocarbonyl (C=S) groups is 1. The Labute approximate surface area is 147 Å². The van der Waals surface area contributed by atoms with Crippen molar-refractivity contribution in [1.29, 1.82) is 0 Å². The minimum Gasteiger partial charge on any atom is -0.478 e. The third-order valence-corrected chi connectivity index (χ3v) is 3.80. The second-order valence-corrected chi connectivity index (χ2v) is 5.93. The number of carboxylic acids is 2. The molecule has 0 spiro atoms. The third kappa shape index (κ3) is 6.95. The first kappa shape index (κ1) is 19.9. The van der Waals surface area contributed by atoms with Crippen LogP contribution in [0.2, 0.25) is 0 Å². The Balaban J connectivity index is 2.45. The van der Waals surface area contributed by atoms with Crippen LogP contribution in [0.5, 0.6) is 0 Å². The lowest BCUT2D eigenvalue weighted by Crippen LogP contribution is -2.29. The average molecular weight is 352 g/mol. The monoisotopic (exact) mass is 352 g/mol. The predicted octanol–water partition coefficient (Wildman–Crippen LogP) is 3.73. The molecule has 24 heavy (non-hydrogen) atoms. The summed E-state index contributed by atoms with van der Waals surface area (Å²) >= 11 is 5.16. The highest BCUT2D eigenvalue weighted by Crippen LogP contribution is 2.16. The highest BCUT2D eigenvalue weighted by Gasteiger charge is 2.16. The lowest BCUT2D eigenvalue weighted by molar-refractivity contribution is 0.0651. The van der Waals surface area contributed by atoms with E-state index >= 15 is 0 Å². The normalized spacial score (nSPS) is 10.2. The molecule has 132 valence electrons. The molecule has 0 aromatic heterocycles. The SMILES string of the molecule is CCCCCCCCNC(=S)Nc1ccc(C(=O)O)c(C(=O)O)c1. The van der Waals surface area contributed by atoms with Gasteiger partial charge in [0, 0.05) is 12.2 Å². The van der Waals surface area contributed by atoms with Crippen LogP contribution in [0.25, 0.3) is 0 Å². The summed E-state index contributed by atoms with van der Waals surface area (Å²) in [4.78, 5) is 22.2. The lowest BCUT2D eigenvalue weighted by Gasteiger charge is -2.12. The van der Waals surface area contributed by atoms with Crippen LogP contribution in [0.3, 0.4) is 0 Å². The number of aromatic carboxylic acids is 2. The third-order valence-electron chi connectivity index (χ3n) is 3.55. The Morgan fingerprint density at radius 1 is 1.00 bits per heavy atom. The first-order valence-corrected chi connectivity index (χ1v) is 8.52. The van der Waals surface area contributed by atoms with Crippen molar-refractivity contribution in [2.24, 2.45) is 0 Å². The smallest absolute Gasteiger partial charge is 0.336 e. The molecule has 0 bridgehead atoms. The van der Waals surface area contributed by atoms with Crippen LogP contribution in [0, 0.1) is 0 Å². The molecule has 1 aromatic carbocycles. The van der Waals surface area contributed by atoms with Gasteiger partial charge in [-0.3, -0.25) is 0 Å². The van der Waals surface area contributed by atoms with Crippen LogP contribution in [0.1, 0.15) is 66.2 Å². The van der Waals surface area contributed by atoms with Crippen molar-refractivity contribution in [2.75, 3.05) is 11.9 Å². The maximum Gasteiger partial charge on any atom is 0.336 e. The van der Waals surface area contributed by atoms with Crippen LogP contribution in [0.15, 0.2) is 18.2 Å². The quantitative estimate of drug-likeness (QED) is 0.376. The van der Waals surface area contributed by atoms with E-state index in [1.54, 1.807) is 0 Å². The summed E-state index contributed by atoms with van der Waals surface area (Å²) in [6.07, 6.45) is 7.13. The first-order valence-electron chi connectivity index (χ1n) is 8.11. The fourth-order valence-electron chi connectivity index (χ4n) is 2.27. The molecule has 0 atom stereocenters. The molecular weight excluding hydrogens is 328 g/mol. The number of rotatable bonds is 10. The Bertz CT molecular complexity index is 590. The molecule has 1 aromatic rings. The molecule has 1 rings (SSSR count). The summed E-state index contributed by atoms with van der Waals surface area (Å²) in [7, 11) is 0. The van der Waals surface area contributed by atoms with Crippen LogP contribution >= 0.6 is 12.2 Å². The fourth-order valence-corrected chi connectivity index (χ4v) is 2.49. The zero-order valence-electron chi connectivity index (χ0n) is 13.8. The minimum atomic E-state index is -1.29. The van der Waals surface area contributed by atoms with Gasteiger partial charge in [-0.15, -0.1) is 0 Å². The Kier molecular flexibility index (Phi) is 8.78. The summed E-state index contributed by atoms with van der Waals surface area (Å²) in [6, 6.07) is 4.02. The second-order valence-electron chi connectivity index (χ2n) is 5.52. The van der Waals surface area contributed by atoms with Gasteiger partial charge in [-0.2, -0.15) is 0 Å². The number of carbonyl (C=O) groups is 2. The van der Waals surface area contributed by atoms with E-state index in [1.807, 2.05) is 0 Å². The van der Waals surface area contributed by atoms with Crippen molar-refractivity contribution in [3.8, 4) is 0 Å². The van der Waals surface area contributed by atoms with Crippen molar-refractivity contribution in [2.45, 2.75) is 45.4 Å². The van der Waals surface area contributed by atoms with E-state index < -0.39 is 11.9 Å². The summed E-state index contributed by atoms with van der Waals surface area (Å²) in [5.41, 5.74) is -0.0805. The van der Waals surface area contributed by atoms with E-state index in [0.29, 0.717) is 10.8 Å². The molecule has 0 heterocycles. The number of hydrogen-bond donors (Lipinski definition) is 4. The molecular formula is C17H24N2O4S. The Morgan fingerprint density at radius 2 is 1.62 bits per heavy atom. The van der Waals surface area contributed by atoms with Gasteiger partial charge in [-0.25, -0.2) is 9.59 Å². The van der Waals surface area contributed by atoms with E-state index in [4.69, 9.17) is 22.4 Å². The number of hydrogen-bond acceptors (Lipinski definition) is 3. The topological polar surface area (TPSA) is 98.7 Å². The molecule has 7 heteroatoms. The van der Waals surface area contributed by atoms with E-state index in [-0.39, 0.29) is 11.1 Å². The highest BCUT2D eigenvalue weighted by atomic mass is 32.1. The predicted molar refractivity (Wildman–Crippen MR) is 98.0 cm³/mol. The maximum atomic E-state index is 11.1. The van der Waals surface area contributed by atoms with Crippen LogP contribution in [-0.2, 0) is 0 Å². The van der Waals surface area contributed by atoms with E-state index in [1.165, 1.54) is 43.9 Å². The standard InChI is InChI=1S/C17H24N2O4S/c1-2-3-4-5-6-7-10-18-17(24)19-12-8-9-13(15(20)21)14(11-12)16(22)23/h8-9,11H,2-7,10H2,1H3,(H,20,21)(H,22,23)(H2,18,19,24). The van der Waals surface area contributed by atoms with E-state index in [0.717, 1.165) is 19.4 Å². The zero-order valence-corrected chi connectivity index (χ0v) is 14.6. The molecule has 4 N–H and O–H groups in total. The average Bonchev–Trinajstić information content (AvgIpc) is 2.53. The van der Waals surface area contributed by atoms with Gasteiger partial charge in [0.2, 0.25) is 0 Å². The largest absolute Gasteiger partial charge is 0.478 e. The molecule has 0 saturated carbocycles. The zero-order chi connectivity index (χ0) is 17.9. The van der Waals surface area contributed by atoms with Crippen molar-refractivity contribution in [1.82, 2.24) is 5.32 Å². The minimum absolute atomic E-state index is 0.251. The maximum absolute atomic E-state index is 11.1. The molecule has 0 fully saturated rings. The van der Waals surface area contributed by atoms with E-state index in [9.17, 15) is 9.59 Å². The van der Waals surface area contributed by atoms with Crippen LogP contribution in [-0.4, -0.2) is 33.8 Å². The van der Waals surface area contributed by atoms with Gasteiger partial charge in [0.25, 0.3) is 0 Å². The van der Waals surface area contributed by atoms with Gasteiger partial charge in [-0.1, -0.05) is 39.0 Å². The summed E-state index contributed by atoms with van der Waals surface area (Å²) in [6.45, 7) is 2.93. The summed E-state index contributed by atoms with van der Waals surface area (Å²) in [5, 5.41) is 24.4. The molecule has 0 radical (unpaired) electrons. The molecule has 0 unspecified atom stereocenters. The fraction of sp³-hybridized carbons (Fsp3) is 0.471. The van der Waals surface area contributed by atoms with E-state index in [2.05, 4.69) is 17.6 Å². The van der Waals surface area contributed by atoms with Crippen molar-refractivity contribution >= 4 is 35.0 Å². The van der Waals surface area contributed by atoms with Crippen molar-refractivity contribution in [3.63, 3.8) is 0 Å². The van der Waals surface area contributed by atoms with Crippen molar-refractivity contribution in [3.05, 3.63) is 29.3 Å². The molecule has 0 aliphatic carbocycles.